The molecule has 0 fully saturated rings. The summed E-state index contributed by atoms with van der Waals surface area (Å²) >= 11 is 0. The summed E-state index contributed by atoms with van der Waals surface area (Å²) in [7, 11) is 0. The summed E-state index contributed by atoms with van der Waals surface area (Å²) in [5.74, 6) is 0.396. The van der Waals surface area contributed by atoms with Crippen molar-refractivity contribution in [1.82, 2.24) is 4.98 Å². The number of rotatable bonds is 1. The minimum absolute atomic E-state index is 0. The number of hydrogen-bond donors (Lipinski definition) is 2. The van der Waals surface area contributed by atoms with Gasteiger partial charge in [0, 0.05) is 12.4 Å². The Morgan fingerprint density at radius 1 is 1.50 bits per heavy atom. The molecule has 1 aromatic rings. The predicted octanol–water partition coefficient (Wildman–Crippen LogP) is 0.582. The van der Waals surface area contributed by atoms with Gasteiger partial charge in [0.15, 0.2) is 0 Å². The van der Waals surface area contributed by atoms with Crippen molar-refractivity contribution < 1.29 is 10.0 Å². The van der Waals surface area contributed by atoms with E-state index in [9.17, 15) is 0 Å². The Bertz CT molecular complexity index is 310. The molecule has 1 radical (unpaired) electrons. The van der Waals surface area contributed by atoms with Crippen molar-refractivity contribution in [2.75, 3.05) is 0 Å². The highest BCUT2D eigenvalue weighted by Gasteiger charge is 2.03. The number of nitriles is 1. The SMILES string of the molecule is CC(C)c1ccncc1C#N.O[B]O. The number of pyridine rings is 1. The van der Waals surface area contributed by atoms with Crippen LogP contribution in [0.1, 0.15) is 30.9 Å². The minimum atomic E-state index is 0. The van der Waals surface area contributed by atoms with E-state index in [-0.39, 0.29) is 7.69 Å². The van der Waals surface area contributed by atoms with Crippen LogP contribution in [0.25, 0.3) is 0 Å². The molecule has 0 saturated carbocycles. The van der Waals surface area contributed by atoms with E-state index in [0.717, 1.165) is 5.56 Å². The van der Waals surface area contributed by atoms with Gasteiger partial charge in [-0.3, -0.25) is 4.98 Å². The standard InChI is InChI=1S/C9H10N2.BH2O2/c1-7(2)9-3-4-11-6-8(9)5-10;2-1-3/h3-4,6-7H,1-2H3;2-3H. The summed E-state index contributed by atoms with van der Waals surface area (Å²) in [6, 6.07) is 4.01. The first kappa shape index (κ1) is 12.6. The Kier molecular flexibility index (Phi) is 6.37. The lowest BCUT2D eigenvalue weighted by Crippen LogP contribution is -1.92. The zero-order chi connectivity index (χ0) is 11.0. The summed E-state index contributed by atoms with van der Waals surface area (Å²) in [4.78, 5) is 3.88. The molecule has 0 spiro atoms. The predicted molar refractivity (Wildman–Crippen MR) is 53.2 cm³/mol. The quantitative estimate of drug-likeness (QED) is 0.636. The lowest BCUT2D eigenvalue weighted by Gasteiger charge is -2.04. The van der Waals surface area contributed by atoms with Gasteiger partial charge in [0.2, 0.25) is 0 Å². The first-order chi connectivity index (χ1) is 6.67. The van der Waals surface area contributed by atoms with Crippen LogP contribution in [0.15, 0.2) is 18.5 Å². The third-order valence-electron chi connectivity index (χ3n) is 1.60. The first-order valence-electron chi connectivity index (χ1n) is 4.11. The molecule has 1 heterocycles. The van der Waals surface area contributed by atoms with Crippen LogP contribution < -0.4 is 0 Å². The highest BCUT2D eigenvalue weighted by atomic mass is 16.4. The molecule has 5 heteroatoms. The van der Waals surface area contributed by atoms with Crippen molar-refractivity contribution in [3.8, 4) is 6.07 Å². The summed E-state index contributed by atoms with van der Waals surface area (Å²) in [6.45, 7) is 4.13. The topological polar surface area (TPSA) is 77.1 Å². The molecule has 0 aliphatic heterocycles. The Balaban J connectivity index is 0.000000500. The summed E-state index contributed by atoms with van der Waals surface area (Å²) in [5.41, 5.74) is 1.75. The molecule has 14 heavy (non-hydrogen) atoms. The van der Waals surface area contributed by atoms with Crippen molar-refractivity contribution in [3.63, 3.8) is 0 Å². The maximum Gasteiger partial charge on any atom is 0.482 e. The highest BCUT2D eigenvalue weighted by Crippen LogP contribution is 2.16. The van der Waals surface area contributed by atoms with E-state index in [4.69, 9.17) is 15.3 Å². The van der Waals surface area contributed by atoms with Crippen molar-refractivity contribution in [3.05, 3.63) is 29.6 Å². The van der Waals surface area contributed by atoms with E-state index in [1.54, 1.807) is 12.4 Å². The van der Waals surface area contributed by atoms with Gasteiger partial charge < -0.3 is 10.0 Å². The molecule has 0 bridgehead atoms. The second-order valence-electron chi connectivity index (χ2n) is 2.84. The molecule has 0 atom stereocenters. The van der Waals surface area contributed by atoms with Crippen LogP contribution in [0.2, 0.25) is 0 Å². The number of nitrogens with zero attached hydrogens (tertiary/aromatic N) is 2. The molecule has 2 N–H and O–H groups in total. The van der Waals surface area contributed by atoms with Gasteiger partial charge in [-0.1, -0.05) is 13.8 Å². The summed E-state index contributed by atoms with van der Waals surface area (Å²) in [6.07, 6.45) is 3.32. The maximum atomic E-state index is 8.68. The smallest absolute Gasteiger partial charge is 0.429 e. The second kappa shape index (κ2) is 7.07. The van der Waals surface area contributed by atoms with E-state index in [0.29, 0.717) is 11.5 Å². The molecule has 0 aliphatic rings. The highest BCUT2D eigenvalue weighted by molar-refractivity contribution is 6.13. The fourth-order valence-corrected chi connectivity index (χ4v) is 1.00. The van der Waals surface area contributed by atoms with E-state index in [1.807, 2.05) is 6.07 Å². The van der Waals surface area contributed by atoms with Gasteiger partial charge in [-0.15, -0.1) is 0 Å². The first-order valence-corrected chi connectivity index (χ1v) is 4.11. The molecular formula is C9H12BN2O2. The molecule has 73 valence electrons. The van der Waals surface area contributed by atoms with Gasteiger partial charge in [0.05, 0.1) is 5.56 Å². The van der Waals surface area contributed by atoms with E-state index < -0.39 is 0 Å². The summed E-state index contributed by atoms with van der Waals surface area (Å²) in [5, 5.41) is 22.7. The third kappa shape index (κ3) is 4.03. The fraction of sp³-hybridized carbons (Fsp3) is 0.333. The van der Waals surface area contributed by atoms with Crippen LogP contribution >= 0.6 is 0 Å². The third-order valence-corrected chi connectivity index (χ3v) is 1.60. The number of aromatic nitrogens is 1. The van der Waals surface area contributed by atoms with Crippen LogP contribution in [0.5, 0.6) is 0 Å². The van der Waals surface area contributed by atoms with Gasteiger partial charge in [-0.05, 0) is 17.5 Å². The lowest BCUT2D eigenvalue weighted by atomic mass is 10.0. The average Bonchev–Trinajstić information content (AvgIpc) is 2.19. The van der Waals surface area contributed by atoms with E-state index in [1.165, 1.54) is 0 Å². The van der Waals surface area contributed by atoms with Gasteiger partial charge in [0.1, 0.15) is 6.07 Å². The average molecular weight is 191 g/mol. The zero-order valence-electron chi connectivity index (χ0n) is 8.18. The van der Waals surface area contributed by atoms with Gasteiger partial charge in [-0.25, -0.2) is 0 Å². The molecule has 4 nitrogen and oxygen atoms in total. The maximum absolute atomic E-state index is 8.68. The molecule has 0 aromatic carbocycles. The molecule has 0 saturated heterocycles. The second-order valence-corrected chi connectivity index (χ2v) is 2.84. The van der Waals surface area contributed by atoms with Crippen LogP contribution in [0.3, 0.4) is 0 Å². The Morgan fingerprint density at radius 3 is 2.43 bits per heavy atom. The van der Waals surface area contributed by atoms with E-state index in [2.05, 4.69) is 24.9 Å². The van der Waals surface area contributed by atoms with Crippen LogP contribution in [-0.4, -0.2) is 22.7 Å². The van der Waals surface area contributed by atoms with Crippen molar-refractivity contribution in [2.45, 2.75) is 19.8 Å². The minimum Gasteiger partial charge on any atom is -0.429 e. The zero-order valence-corrected chi connectivity index (χ0v) is 8.18. The monoisotopic (exact) mass is 191 g/mol. The number of hydrogen-bond acceptors (Lipinski definition) is 4. The van der Waals surface area contributed by atoms with Crippen LogP contribution in [0.4, 0.5) is 0 Å². The van der Waals surface area contributed by atoms with E-state index >= 15 is 0 Å². The Labute approximate surface area is 84.2 Å². The molecule has 1 aromatic heterocycles. The molecule has 0 unspecified atom stereocenters. The molecule has 1 rings (SSSR count). The lowest BCUT2D eigenvalue weighted by molar-refractivity contribution is 0.448. The summed E-state index contributed by atoms with van der Waals surface area (Å²) < 4.78 is 0. The van der Waals surface area contributed by atoms with Gasteiger partial charge in [-0.2, -0.15) is 5.26 Å². The van der Waals surface area contributed by atoms with Crippen LogP contribution in [-0.2, 0) is 0 Å². The van der Waals surface area contributed by atoms with Crippen LogP contribution in [0, 0.1) is 11.3 Å². The molecule has 0 amide bonds. The largest absolute Gasteiger partial charge is 0.482 e. The molecular weight excluding hydrogens is 179 g/mol. The Hall–Kier alpha value is -1.38. The van der Waals surface area contributed by atoms with Crippen molar-refractivity contribution in [1.29, 1.82) is 5.26 Å². The Morgan fingerprint density at radius 2 is 2.07 bits per heavy atom. The van der Waals surface area contributed by atoms with Gasteiger partial charge in [0.25, 0.3) is 0 Å². The van der Waals surface area contributed by atoms with Gasteiger partial charge >= 0.3 is 7.69 Å². The van der Waals surface area contributed by atoms with Crippen molar-refractivity contribution >= 4 is 7.69 Å². The normalized spacial score (nSPS) is 8.57. The molecule has 0 aliphatic carbocycles. The van der Waals surface area contributed by atoms with Crippen molar-refractivity contribution in [2.24, 2.45) is 0 Å². The fourth-order valence-electron chi connectivity index (χ4n) is 1.00.